The summed E-state index contributed by atoms with van der Waals surface area (Å²) in [7, 11) is 0. The van der Waals surface area contributed by atoms with Crippen LogP contribution < -0.4 is 5.32 Å². The topological polar surface area (TPSA) is 72.7 Å². The second-order valence-electron chi connectivity index (χ2n) is 5.96. The minimum Gasteiger partial charge on any atom is -0.325 e. The fourth-order valence-corrected chi connectivity index (χ4v) is 4.11. The standard InChI is InChI=1S/C17H15ClF3N5OS2/c1-10(15(27)22-11-4-5-14(18)13(9-11)17(19,20)21)29-16-23-24-25-26(16)7-6-12-3-2-8-28-12/h2-5,8-10H,6-7H2,1H3,(H,22,27)/t10-/m1/s1. The highest BCUT2D eigenvalue weighted by Crippen LogP contribution is 2.36. The van der Waals surface area contributed by atoms with Gasteiger partial charge in [-0.1, -0.05) is 29.4 Å². The van der Waals surface area contributed by atoms with Crippen LogP contribution in [0.25, 0.3) is 0 Å². The second-order valence-corrected chi connectivity index (χ2v) is 8.70. The molecule has 0 aliphatic carbocycles. The number of hydrogen-bond donors (Lipinski definition) is 1. The Labute approximate surface area is 177 Å². The first kappa shape index (κ1) is 21.6. The summed E-state index contributed by atoms with van der Waals surface area (Å²) < 4.78 is 40.5. The number of aromatic nitrogens is 4. The highest BCUT2D eigenvalue weighted by molar-refractivity contribution is 8.00. The maximum atomic E-state index is 13.0. The lowest BCUT2D eigenvalue weighted by atomic mass is 10.2. The van der Waals surface area contributed by atoms with Crippen LogP contribution in [0.1, 0.15) is 17.4 Å². The zero-order chi connectivity index (χ0) is 21.0. The van der Waals surface area contributed by atoms with Gasteiger partial charge in [0.05, 0.1) is 22.4 Å². The Morgan fingerprint density at radius 3 is 2.86 bits per heavy atom. The van der Waals surface area contributed by atoms with Crippen molar-refractivity contribution in [3.8, 4) is 0 Å². The number of thioether (sulfide) groups is 1. The summed E-state index contributed by atoms with van der Waals surface area (Å²) in [6, 6.07) is 7.20. The lowest BCUT2D eigenvalue weighted by Gasteiger charge is -2.14. The van der Waals surface area contributed by atoms with Gasteiger partial charge in [-0.3, -0.25) is 4.79 Å². The van der Waals surface area contributed by atoms with E-state index in [0.717, 1.165) is 30.3 Å². The van der Waals surface area contributed by atoms with Crippen LogP contribution in [0.5, 0.6) is 0 Å². The minimum absolute atomic E-state index is 0.0106. The van der Waals surface area contributed by atoms with E-state index in [0.29, 0.717) is 11.7 Å². The van der Waals surface area contributed by atoms with Crippen molar-refractivity contribution >= 4 is 46.3 Å². The molecule has 12 heteroatoms. The van der Waals surface area contributed by atoms with Crippen LogP contribution in [-0.4, -0.2) is 31.4 Å². The van der Waals surface area contributed by atoms with Gasteiger partial charge in [-0.15, -0.1) is 16.4 Å². The predicted molar refractivity (Wildman–Crippen MR) is 106 cm³/mol. The molecular weight excluding hydrogens is 447 g/mol. The van der Waals surface area contributed by atoms with Crippen LogP contribution in [0.15, 0.2) is 40.9 Å². The molecule has 0 spiro atoms. The molecule has 0 saturated carbocycles. The maximum Gasteiger partial charge on any atom is 0.417 e. The van der Waals surface area contributed by atoms with Crippen molar-refractivity contribution in [3.63, 3.8) is 0 Å². The van der Waals surface area contributed by atoms with Crippen molar-refractivity contribution in [1.82, 2.24) is 20.2 Å². The fourth-order valence-electron chi connectivity index (χ4n) is 2.37. The van der Waals surface area contributed by atoms with Gasteiger partial charge in [-0.05, 0) is 47.0 Å². The van der Waals surface area contributed by atoms with E-state index in [-0.39, 0.29) is 5.69 Å². The van der Waals surface area contributed by atoms with E-state index in [1.165, 1.54) is 10.9 Å². The number of tetrazole rings is 1. The zero-order valence-electron chi connectivity index (χ0n) is 15.0. The molecule has 0 aliphatic heterocycles. The number of aryl methyl sites for hydroxylation is 2. The average molecular weight is 462 g/mol. The van der Waals surface area contributed by atoms with Gasteiger partial charge < -0.3 is 5.32 Å². The molecule has 1 N–H and O–H groups in total. The van der Waals surface area contributed by atoms with Crippen LogP contribution >= 0.6 is 34.7 Å². The molecule has 2 heterocycles. The van der Waals surface area contributed by atoms with Gasteiger partial charge in [0.25, 0.3) is 0 Å². The number of amides is 1. The van der Waals surface area contributed by atoms with Gasteiger partial charge in [0.1, 0.15) is 0 Å². The summed E-state index contributed by atoms with van der Waals surface area (Å²) in [6.45, 7) is 2.18. The molecule has 0 fully saturated rings. The highest BCUT2D eigenvalue weighted by atomic mass is 35.5. The smallest absolute Gasteiger partial charge is 0.325 e. The van der Waals surface area contributed by atoms with E-state index in [1.54, 1.807) is 22.9 Å². The molecule has 0 saturated heterocycles. The number of rotatable bonds is 7. The molecule has 1 atom stereocenters. The van der Waals surface area contributed by atoms with Crippen LogP contribution in [0, 0.1) is 0 Å². The van der Waals surface area contributed by atoms with Crippen LogP contribution in [0.2, 0.25) is 5.02 Å². The van der Waals surface area contributed by atoms with Crippen molar-refractivity contribution in [2.24, 2.45) is 0 Å². The number of thiophene rings is 1. The maximum absolute atomic E-state index is 13.0. The Bertz CT molecular complexity index is 978. The largest absolute Gasteiger partial charge is 0.417 e. The number of anilines is 1. The lowest BCUT2D eigenvalue weighted by molar-refractivity contribution is -0.137. The van der Waals surface area contributed by atoms with Gasteiger partial charge in [0.15, 0.2) is 0 Å². The number of alkyl halides is 3. The van der Waals surface area contributed by atoms with E-state index in [4.69, 9.17) is 11.6 Å². The van der Waals surface area contributed by atoms with Crippen molar-refractivity contribution in [2.45, 2.75) is 36.5 Å². The quantitative estimate of drug-likeness (QED) is 0.513. The molecule has 3 aromatic rings. The molecule has 0 unspecified atom stereocenters. The molecular formula is C17H15ClF3N5OS2. The molecule has 154 valence electrons. The molecule has 0 bridgehead atoms. The summed E-state index contributed by atoms with van der Waals surface area (Å²) in [4.78, 5) is 13.6. The third-order valence-corrected chi connectivity index (χ3v) is 6.18. The Morgan fingerprint density at radius 1 is 1.38 bits per heavy atom. The van der Waals surface area contributed by atoms with Crippen LogP contribution in [-0.2, 0) is 23.9 Å². The van der Waals surface area contributed by atoms with E-state index in [2.05, 4.69) is 20.8 Å². The van der Waals surface area contributed by atoms with E-state index < -0.39 is 27.9 Å². The molecule has 3 rings (SSSR count). The van der Waals surface area contributed by atoms with Gasteiger partial charge in [-0.2, -0.15) is 13.2 Å². The molecule has 1 aromatic carbocycles. The second kappa shape index (κ2) is 9.14. The first-order valence-corrected chi connectivity index (χ1v) is 10.5. The Balaban J connectivity index is 1.62. The van der Waals surface area contributed by atoms with Crippen LogP contribution in [0.3, 0.4) is 0 Å². The van der Waals surface area contributed by atoms with Gasteiger partial charge >= 0.3 is 6.18 Å². The molecule has 0 radical (unpaired) electrons. The monoisotopic (exact) mass is 461 g/mol. The SMILES string of the molecule is C[C@@H](Sc1nnnn1CCc1cccs1)C(=O)Nc1ccc(Cl)c(C(F)(F)F)c1. The first-order valence-electron chi connectivity index (χ1n) is 8.37. The predicted octanol–water partition coefficient (Wildman–Crippen LogP) is 4.77. The summed E-state index contributed by atoms with van der Waals surface area (Å²) in [5.41, 5.74) is -0.994. The van der Waals surface area contributed by atoms with Crippen molar-refractivity contribution in [1.29, 1.82) is 0 Å². The summed E-state index contributed by atoms with van der Waals surface area (Å²) in [5, 5.41) is 15.3. The van der Waals surface area contributed by atoms with Gasteiger partial charge in [0.2, 0.25) is 11.1 Å². The first-order chi connectivity index (χ1) is 13.7. The Hall–Kier alpha value is -2.11. The zero-order valence-corrected chi connectivity index (χ0v) is 17.4. The number of nitrogens with zero attached hydrogens (tertiary/aromatic N) is 4. The number of halogens is 4. The van der Waals surface area contributed by atoms with E-state index in [1.807, 2.05) is 17.5 Å². The Kier molecular flexibility index (Phi) is 6.81. The molecule has 29 heavy (non-hydrogen) atoms. The number of hydrogen-bond acceptors (Lipinski definition) is 6. The summed E-state index contributed by atoms with van der Waals surface area (Å²) >= 11 is 8.35. The van der Waals surface area contributed by atoms with Crippen LogP contribution in [0.4, 0.5) is 18.9 Å². The third kappa shape index (κ3) is 5.71. The highest BCUT2D eigenvalue weighted by Gasteiger charge is 2.33. The van der Waals surface area contributed by atoms with E-state index in [9.17, 15) is 18.0 Å². The number of carbonyl (C=O) groups is 1. The van der Waals surface area contributed by atoms with Crippen molar-refractivity contribution < 1.29 is 18.0 Å². The minimum atomic E-state index is -4.61. The summed E-state index contributed by atoms with van der Waals surface area (Å²) in [5.74, 6) is -0.474. The molecule has 0 aliphatic rings. The third-order valence-electron chi connectivity index (χ3n) is 3.84. The van der Waals surface area contributed by atoms with Crippen molar-refractivity contribution in [2.75, 3.05) is 5.32 Å². The summed E-state index contributed by atoms with van der Waals surface area (Å²) in [6.07, 6.45) is -3.86. The number of benzene rings is 1. The Morgan fingerprint density at radius 2 is 2.17 bits per heavy atom. The van der Waals surface area contributed by atoms with E-state index >= 15 is 0 Å². The number of nitrogens with one attached hydrogen (secondary N) is 1. The normalized spacial score (nSPS) is 12.7. The number of carbonyl (C=O) groups excluding carboxylic acids is 1. The van der Waals surface area contributed by atoms with Crippen molar-refractivity contribution in [3.05, 3.63) is 51.2 Å². The van der Waals surface area contributed by atoms with Gasteiger partial charge in [-0.25, -0.2) is 4.68 Å². The lowest BCUT2D eigenvalue weighted by Crippen LogP contribution is -2.23. The molecule has 2 aromatic heterocycles. The molecule has 6 nitrogen and oxygen atoms in total. The average Bonchev–Trinajstić information content (AvgIpc) is 3.32. The molecule has 1 amide bonds. The fraction of sp³-hybridized carbons (Fsp3) is 0.294. The van der Waals surface area contributed by atoms with Gasteiger partial charge in [0, 0.05) is 17.0 Å².